The second kappa shape index (κ2) is 4.15. The fourth-order valence-corrected chi connectivity index (χ4v) is 2.27. The third-order valence-corrected chi connectivity index (χ3v) is 3.23. The lowest BCUT2D eigenvalue weighted by atomic mass is 9.79. The SMILES string of the molecule is CCC(O)C1CCc2ccccc2C1=O. The van der Waals surface area contributed by atoms with E-state index < -0.39 is 6.10 Å². The summed E-state index contributed by atoms with van der Waals surface area (Å²) in [7, 11) is 0. The lowest BCUT2D eigenvalue weighted by Gasteiger charge is -2.26. The maximum atomic E-state index is 12.1. The zero-order chi connectivity index (χ0) is 10.8. The molecular weight excluding hydrogens is 188 g/mol. The molecule has 1 aromatic rings. The molecule has 0 heterocycles. The van der Waals surface area contributed by atoms with Gasteiger partial charge in [0.1, 0.15) is 0 Å². The number of hydrogen-bond donors (Lipinski definition) is 1. The van der Waals surface area contributed by atoms with Crippen molar-refractivity contribution < 1.29 is 9.90 Å². The summed E-state index contributed by atoms with van der Waals surface area (Å²) in [5.74, 6) is -0.0731. The van der Waals surface area contributed by atoms with Gasteiger partial charge >= 0.3 is 0 Å². The van der Waals surface area contributed by atoms with Crippen LogP contribution in [0.4, 0.5) is 0 Å². The summed E-state index contributed by atoms with van der Waals surface area (Å²) in [5.41, 5.74) is 1.93. The van der Waals surface area contributed by atoms with Crippen molar-refractivity contribution in [1.82, 2.24) is 0 Å². The van der Waals surface area contributed by atoms with E-state index in [1.54, 1.807) is 0 Å². The number of carbonyl (C=O) groups is 1. The van der Waals surface area contributed by atoms with E-state index in [2.05, 4.69) is 0 Å². The molecule has 1 aromatic carbocycles. The fourth-order valence-electron chi connectivity index (χ4n) is 2.27. The van der Waals surface area contributed by atoms with Crippen LogP contribution in [-0.4, -0.2) is 17.0 Å². The molecule has 1 N–H and O–H groups in total. The number of benzene rings is 1. The monoisotopic (exact) mass is 204 g/mol. The van der Waals surface area contributed by atoms with Crippen molar-refractivity contribution in [2.75, 3.05) is 0 Å². The normalized spacial score (nSPS) is 22.3. The smallest absolute Gasteiger partial charge is 0.168 e. The van der Waals surface area contributed by atoms with Gasteiger partial charge in [0.25, 0.3) is 0 Å². The Morgan fingerprint density at radius 2 is 2.20 bits per heavy atom. The number of Topliss-reactive ketones (excluding diaryl/α,β-unsaturated/α-hetero) is 1. The van der Waals surface area contributed by atoms with E-state index in [-0.39, 0.29) is 11.7 Å². The molecule has 2 rings (SSSR count). The Morgan fingerprint density at radius 1 is 1.47 bits per heavy atom. The van der Waals surface area contributed by atoms with E-state index in [1.807, 2.05) is 31.2 Å². The zero-order valence-corrected chi connectivity index (χ0v) is 8.94. The summed E-state index contributed by atoms with van der Waals surface area (Å²) in [5, 5.41) is 9.76. The summed E-state index contributed by atoms with van der Waals surface area (Å²) < 4.78 is 0. The molecule has 1 aliphatic rings. The number of carbonyl (C=O) groups excluding carboxylic acids is 1. The van der Waals surface area contributed by atoms with Gasteiger partial charge in [0.05, 0.1) is 6.10 Å². The van der Waals surface area contributed by atoms with Gasteiger partial charge in [-0.05, 0) is 24.8 Å². The Morgan fingerprint density at radius 3 is 2.93 bits per heavy atom. The minimum Gasteiger partial charge on any atom is -0.392 e. The van der Waals surface area contributed by atoms with Crippen molar-refractivity contribution >= 4 is 5.78 Å². The van der Waals surface area contributed by atoms with Crippen molar-refractivity contribution in [3.8, 4) is 0 Å². The highest BCUT2D eigenvalue weighted by molar-refractivity contribution is 6.00. The number of hydrogen-bond acceptors (Lipinski definition) is 2. The Bertz CT molecular complexity index is 371. The van der Waals surface area contributed by atoms with Crippen LogP contribution < -0.4 is 0 Å². The number of aliphatic hydroxyl groups is 1. The van der Waals surface area contributed by atoms with E-state index in [9.17, 15) is 9.90 Å². The Hall–Kier alpha value is -1.15. The van der Waals surface area contributed by atoms with Gasteiger partial charge in [0.15, 0.2) is 5.78 Å². The third-order valence-electron chi connectivity index (χ3n) is 3.23. The molecule has 2 heteroatoms. The van der Waals surface area contributed by atoms with Gasteiger partial charge in [0.2, 0.25) is 0 Å². The van der Waals surface area contributed by atoms with E-state index >= 15 is 0 Å². The summed E-state index contributed by atoms with van der Waals surface area (Å²) in [6.07, 6.45) is 1.86. The number of aliphatic hydroxyl groups excluding tert-OH is 1. The van der Waals surface area contributed by atoms with Gasteiger partial charge in [-0.25, -0.2) is 0 Å². The van der Waals surface area contributed by atoms with Crippen LogP contribution >= 0.6 is 0 Å². The Labute approximate surface area is 89.9 Å². The quantitative estimate of drug-likeness (QED) is 0.801. The van der Waals surface area contributed by atoms with E-state index in [4.69, 9.17) is 0 Å². The molecule has 2 nitrogen and oxygen atoms in total. The lowest BCUT2D eigenvalue weighted by Crippen LogP contribution is -2.32. The number of aryl methyl sites for hydroxylation is 1. The van der Waals surface area contributed by atoms with E-state index in [0.717, 1.165) is 24.0 Å². The predicted molar refractivity (Wildman–Crippen MR) is 58.9 cm³/mol. The van der Waals surface area contributed by atoms with E-state index in [0.29, 0.717) is 6.42 Å². The molecular formula is C13H16O2. The first kappa shape index (κ1) is 10.4. The first-order chi connectivity index (χ1) is 7.24. The van der Waals surface area contributed by atoms with Gasteiger partial charge in [-0.3, -0.25) is 4.79 Å². The molecule has 0 amide bonds. The maximum absolute atomic E-state index is 12.1. The molecule has 2 atom stereocenters. The van der Waals surface area contributed by atoms with Crippen LogP contribution in [0.1, 0.15) is 35.7 Å². The minimum atomic E-state index is -0.481. The summed E-state index contributed by atoms with van der Waals surface area (Å²) >= 11 is 0. The van der Waals surface area contributed by atoms with Gasteiger partial charge in [0, 0.05) is 11.5 Å². The molecule has 0 radical (unpaired) electrons. The molecule has 15 heavy (non-hydrogen) atoms. The Balaban J connectivity index is 2.30. The highest BCUT2D eigenvalue weighted by Gasteiger charge is 2.31. The fraction of sp³-hybridized carbons (Fsp3) is 0.462. The largest absolute Gasteiger partial charge is 0.392 e. The van der Waals surface area contributed by atoms with Gasteiger partial charge < -0.3 is 5.11 Å². The van der Waals surface area contributed by atoms with Crippen molar-refractivity contribution in [2.45, 2.75) is 32.3 Å². The van der Waals surface area contributed by atoms with Gasteiger partial charge in [-0.1, -0.05) is 31.2 Å². The molecule has 80 valence electrons. The highest BCUT2D eigenvalue weighted by Crippen LogP contribution is 2.28. The van der Waals surface area contributed by atoms with Gasteiger partial charge in [-0.2, -0.15) is 0 Å². The van der Waals surface area contributed by atoms with Crippen LogP contribution in [0.2, 0.25) is 0 Å². The summed E-state index contributed by atoms with van der Waals surface area (Å²) in [6.45, 7) is 1.92. The zero-order valence-electron chi connectivity index (χ0n) is 8.94. The predicted octanol–water partition coefficient (Wildman–Crippen LogP) is 2.20. The van der Waals surface area contributed by atoms with Crippen molar-refractivity contribution in [3.63, 3.8) is 0 Å². The van der Waals surface area contributed by atoms with Gasteiger partial charge in [-0.15, -0.1) is 0 Å². The van der Waals surface area contributed by atoms with Crippen LogP contribution in [0.15, 0.2) is 24.3 Å². The molecule has 2 unspecified atom stereocenters. The van der Waals surface area contributed by atoms with Crippen LogP contribution in [-0.2, 0) is 6.42 Å². The minimum absolute atomic E-state index is 0.117. The molecule has 0 aliphatic heterocycles. The van der Waals surface area contributed by atoms with Crippen molar-refractivity contribution in [3.05, 3.63) is 35.4 Å². The molecule has 0 fully saturated rings. The topological polar surface area (TPSA) is 37.3 Å². The van der Waals surface area contributed by atoms with Crippen molar-refractivity contribution in [1.29, 1.82) is 0 Å². The molecule has 0 spiro atoms. The number of ketones is 1. The standard InChI is InChI=1S/C13H16O2/c1-2-12(14)11-8-7-9-5-3-4-6-10(9)13(11)15/h3-6,11-12,14H,2,7-8H2,1H3. The average Bonchev–Trinajstić information content (AvgIpc) is 2.29. The van der Waals surface area contributed by atoms with Crippen LogP contribution in [0, 0.1) is 5.92 Å². The van der Waals surface area contributed by atoms with Crippen LogP contribution in [0.5, 0.6) is 0 Å². The summed E-state index contributed by atoms with van der Waals surface area (Å²) in [6, 6.07) is 7.72. The molecule has 0 saturated heterocycles. The first-order valence-corrected chi connectivity index (χ1v) is 5.54. The molecule has 0 saturated carbocycles. The summed E-state index contributed by atoms with van der Waals surface area (Å²) in [4.78, 5) is 12.1. The van der Waals surface area contributed by atoms with Crippen LogP contribution in [0.25, 0.3) is 0 Å². The molecule has 1 aliphatic carbocycles. The third kappa shape index (κ3) is 1.82. The second-order valence-electron chi connectivity index (χ2n) is 4.14. The Kier molecular flexibility index (Phi) is 2.87. The van der Waals surface area contributed by atoms with Crippen molar-refractivity contribution in [2.24, 2.45) is 5.92 Å². The second-order valence-corrected chi connectivity index (χ2v) is 4.14. The molecule has 0 aromatic heterocycles. The average molecular weight is 204 g/mol. The number of fused-ring (bicyclic) bond motifs is 1. The van der Waals surface area contributed by atoms with E-state index in [1.165, 1.54) is 0 Å². The number of rotatable bonds is 2. The van der Waals surface area contributed by atoms with Crippen LogP contribution in [0.3, 0.4) is 0 Å². The highest BCUT2D eigenvalue weighted by atomic mass is 16.3. The lowest BCUT2D eigenvalue weighted by molar-refractivity contribution is 0.0629. The molecule has 0 bridgehead atoms. The first-order valence-electron chi connectivity index (χ1n) is 5.54. The maximum Gasteiger partial charge on any atom is 0.168 e.